The number of nitrogens with one attached hydrogen (secondary N) is 1. The Bertz CT molecular complexity index is 146. The molecule has 3 fully saturated rings. The minimum atomic E-state index is 0.800. The third-order valence-electron chi connectivity index (χ3n) is 3.06. The van der Waals surface area contributed by atoms with Crippen molar-refractivity contribution in [2.45, 2.75) is 38.8 Å². The van der Waals surface area contributed by atoms with Crippen molar-refractivity contribution in [1.82, 2.24) is 10.2 Å². The van der Waals surface area contributed by atoms with Gasteiger partial charge in [-0.1, -0.05) is 13.8 Å². The molecule has 0 aliphatic carbocycles. The maximum atomic E-state index is 3.58. The van der Waals surface area contributed by atoms with Crippen LogP contribution in [0.4, 0.5) is 0 Å². The Labute approximate surface area is 75.3 Å². The molecule has 2 bridgehead atoms. The van der Waals surface area contributed by atoms with Crippen molar-refractivity contribution >= 4 is 0 Å². The summed E-state index contributed by atoms with van der Waals surface area (Å²) >= 11 is 0. The molecule has 2 heteroatoms. The van der Waals surface area contributed by atoms with Crippen molar-refractivity contribution in [2.24, 2.45) is 5.92 Å². The van der Waals surface area contributed by atoms with Crippen LogP contribution >= 0.6 is 0 Å². The van der Waals surface area contributed by atoms with Crippen molar-refractivity contribution in [3.05, 3.63) is 0 Å². The van der Waals surface area contributed by atoms with Crippen LogP contribution in [-0.4, -0.2) is 36.6 Å². The van der Waals surface area contributed by atoms with Gasteiger partial charge in [-0.25, -0.2) is 0 Å². The highest BCUT2D eigenvalue weighted by molar-refractivity contribution is 4.92. The molecule has 70 valence electrons. The van der Waals surface area contributed by atoms with E-state index in [9.17, 15) is 0 Å². The number of fused-ring (bicyclic) bond motifs is 3. The van der Waals surface area contributed by atoms with E-state index in [1.54, 1.807) is 0 Å². The van der Waals surface area contributed by atoms with Crippen molar-refractivity contribution in [3.8, 4) is 0 Å². The lowest BCUT2D eigenvalue weighted by Crippen LogP contribution is -2.61. The van der Waals surface area contributed by atoms with Crippen LogP contribution in [-0.2, 0) is 0 Å². The van der Waals surface area contributed by atoms with Gasteiger partial charge >= 0.3 is 0 Å². The molecule has 0 spiro atoms. The molecule has 3 aliphatic rings. The van der Waals surface area contributed by atoms with E-state index in [2.05, 4.69) is 24.1 Å². The fourth-order valence-electron chi connectivity index (χ4n) is 2.49. The summed E-state index contributed by atoms with van der Waals surface area (Å²) in [6, 6.07) is 1.64. The quantitative estimate of drug-likeness (QED) is 0.663. The molecule has 12 heavy (non-hydrogen) atoms. The van der Waals surface area contributed by atoms with Crippen LogP contribution in [0.1, 0.15) is 26.7 Å². The standard InChI is InChI=1S/C10H20N2/c1-8(2)6-12-7-9-3-4-10(12)5-11-9/h8-11H,3-7H2,1-2H3. The van der Waals surface area contributed by atoms with Crippen LogP contribution in [0.2, 0.25) is 0 Å². The summed E-state index contributed by atoms with van der Waals surface area (Å²) in [4.78, 5) is 2.68. The van der Waals surface area contributed by atoms with Crippen molar-refractivity contribution in [1.29, 1.82) is 0 Å². The molecule has 1 N–H and O–H groups in total. The Kier molecular flexibility index (Phi) is 2.37. The topological polar surface area (TPSA) is 15.3 Å². The highest BCUT2D eigenvalue weighted by Gasteiger charge is 2.32. The molecule has 2 atom stereocenters. The maximum Gasteiger partial charge on any atom is 0.0222 e. The van der Waals surface area contributed by atoms with Gasteiger partial charge in [-0.3, -0.25) is 4.90 Å². The first-order valence-corrected chi connectivity index (χ1v) is 5.23. The Morgan fingerprint density at radius 3 is 2.67 bits per heavy atom. The Balaban J connectivity index is 1.91. The minimum Gasteiger partial charge on any atom is -0.311 e. The first-order chi connectivity index (χ1) is 5.75. The number of hydrogen-bond donors (Lipinski definition) is 1. The minimum absolute atomic E-state index is 0.800. The van der Waals surface area contributed by atoms with E-state index in [-0.39, 0.29) is 0 Å². The van der Waals surface area contributed by atoms with Crippen LogP contribution in [0.15, 0.2) is 0 Å². The average molecular weight is 168 g/mol. The summed E-state index contributed by atoms with van der Waals surface area (Å²) in [7, 11) is 0. The molecule has 0 saturated carbocycles. The normalized spacial score (nSPS) is 36.2. The molecule has 0 amide bonds. The molecule has 0 aromatic rings. The molecule has 0 radical (unpaired) electrons. The lowest BCUT2D eigenvalue weighted by atomic mass is 9.92. The van der Waals surface area contributed by atoms with Gasteiger partial charge in [0.05, 0.1) is 0 Å². The average Bonchev–Trinajstić information content (AvgIpc) is 2.05. The predicted octanol–water partition coefficient (Wildman–Crippen LogP) is 1.08. The van der Waals surface area contributed by atoms with Gasteiger partial charge in [0, 0.05) is 31.7 Å². The second-order valence-electron chi connectivity index (χ2n) is 4.68. The Morgan fingerprint density at radius 2 is 2.25 bits per heavy atom. The molecule has 3 rings (SSSR count). The smallest absolute Gasteiger partial charge is 0.0222 e. The van der Waals surface area contributed by atoms with E-state index in [1.807, 2.05) is 0 Å². The van der Waals surface area contributed by atoms with Gasteiger partial charge in [0.25, 0.3) is 0 Å². The lowest BCUT2D eigenvalue weighted by molar-refractivity contribution is 0.0650. The van der Waals surface area contributed by atoms with Crippen LogP contribution in [0, 0.1) is 5.92 Å². The summed E-state index contributed by atoms with van der Waals surface area (Å²) < 4.78 is 0. The summed E-state index contributed by atoms with van der Waals surface area (Å²) in [6.07, 6.45) is 2.82. The van der Waals surface area contributed by atoms with Crippen molar-refractivity contribution in [2.75, 3.05) is 19.6 Å². The molecular formula is C10H20N2. The maximum absolute atomic E-state index is 3.58. The largest absolute Gasteiger partial charge is 0.311 e. The third-order valence-corrected chi connectivity index (χ3v) is 3.06. The molecule has 0 aromatic carbocycles. The van der Waals surface area contributed by atoms with Gasteiger partial charge in [0.2, 0.25) is 0 Å². The van der Waals surface area contributed by atoms with Gasteiger partial charge < -0.3 is 5.32 Å². The highest BCUT2D eigenvalue weighted by Crippen LogP contribution is 2.22. The zero-order valence-corrected chi connectivity index (χ0v) is 8.21. The highest BCUT2D eigenvalue weighted by atomic mass is 15.2. The Morgan fingerprint density at radius 1 is 1.42 bits per heavy atom. The monoisotopic (exact) mass is 168 g/mol. The van der Waals surface area contributed by atoms with Gasteiger partial charge in [-0.15, -0.1) is 0 Å². The summed E-state index contributed by atoms with van der Waals surface area (Å²) in [6.45, 7) is 8.45. The van der Waals surface area contributed by atoms with E-state index < -0.39 is 0 Å². The van der Waals surface area contributed by atoms with Gasteiger partial charge in [0.15, 0.2) is 0 Å². The van der Waals surface area contributed by atoms with Crippen LogP contribution in [0.3, 0.4) is 0 Å². The second-order valence-corrected chi connectivity index (χ2v) is 4.68. The van der Waals surface area contributed by atoms with Crippen molar-refractivity contribution < 1.29 is 0 Å². The van der Waals surface area contributed by atoms with Crippen LogP contribution in [0.5, 0.6) is 0 Å². The summed E-state index contributed by atoms with van der Waals surface area (Å²) in [5, 5.41) is 3.58. The van der Waals surface area contributed by atoms with E-state index in [0.717, 1.165) is 18.0 Å². The van der Waals surface area contributed by atoms with Gasteiger partial charge in [0.1, 0.15) is 0 Å². The van der Waals surface area contributed by atoms with E-state index in [0.29, 0.717) is 0 Å². The summed E-state index contributed by atoms with van der Waals surface area (Å²) in [5.41, 5.74) is 0. The lowest BCUT2D eigenvalue weighted by Gasteiger charge is -2.46. The second kappa shape index (κ2) is 3.35. The Hall–Kier alpha value is -0.0800. The van der Waals surface area contributed by atoms with Gasteiger partial charge in [-0.05, 0) is 18.8 Å². The fraction of sp³-hybridized carbons (Fsp3) is 1.00. The SMILES string of the molecule is CC(C)CN1CC2CCC1CN2. The first-order valence-electron chi connectivity index (χ1n) is 5.23. The molecule has 2 nitrogen and oxygen atoms in total. The number of hydrogen-bond acceptors (Lipinski definition) is 2. The zero-order valence-electron chi connectivity index (χ0n) is 8.21. The molecule has 0 aromatic heterocycles. The van der Waals surface area contributed by atoms with Gasteiger partial charge in [-0.2, -0.15) is 0 Å². The first kappa shape index (κ1) is 8.52. The number of nitrogens with zero attached hydrogens (tertiary/aromatic N) is 1. The molecule has 3 aliphatic heterocycles. The van der Waals surface area contributed by atoms with E-state index in [1.165, 1.54) is 32.5 Å². The number of rotatable bonds is 2. The van der Waals surface area contributed by atoms with E-state index in [4.69, 9.17) is 0 Å². The third kappa shape index (κ3) is 1.64. The number of piperidine rings is 2. The summed E-state index contributed by atoms with van der Waals surface area (Å²) in [5.74, 6) is 0.823. The van der Waals surface area contributed by atoms with Crippen molar-refractivity contribution in [3.63, 3.8) is 0 Å². The molecule has 2 unspecified atom stereocenters. The van der Waals surface area contributed by atoms with E-state index >= 15 is 0 Å². The fourth-order valence-corrected chi connectivity index (χ4v) is 2.49. The zero-order chi connectivity index (χ0) is 8.55. The number of piperazine rings is 1. The molecule has 3 heterocycles. The molecular weight excluding hydrogens is 148 g/mol. The van der Waals surface area contributed by atoms with Crippen LogP contribution in [0.25, 0.3) is 0 Å². The predicted molar refractivity (Wildman–Crippen MR) is 51.2 cm³/mol. The molecule has 3 saturated heterocycles. The van der Waals surface area contributed by atoms with Crippen LogP contribution < -0.4 is 5.32 Å².